The number of sulfonamides is 1. The van der Waals surface area contributed by atoms with E-state index in [2.05, 4.69) is 10.6 Å². The highest BCUT2D eigenvalue weighted by Crippen LogP contribution is 2.24. The number of amides is 2. The minimum Gasteiger partial charge on any atom is -0.497 e. The summed E-state index contributed by atoms with van der Waals surface area (Å²) in [6.07, 6.45) is 1.04. The van der Waals surface area contributed by atoms with E-state index in [1.807, 2.05) is 12.1 Å². The van der Waals surface area contributed by atoms with Gasteiger partial charge in [-0.05, 0) is 54.8 Å². The molecule has 2 amide bonds. The van der Waals surface area contributed by atoms with Gasteiger partial charge in [0, 0.05) is 19.6 Å². The van der Waals surface area contributed by atoms with E-state index in [0.29, 0.717) is 19.4 Å². The average Bonchev–Trinajstić information content (AvgIpc) is 2.82. The van der Waals surface area contributed by atoms with Gasteiger partial charge in [-0.1, -0.05) is 12.1 Å². The molecule has 1 aliphatic rings. The molecular weight excluding hydrogens is 437 g/mol. The van der Waals surface area contributed by atoms with Gasteiger partial charge in [0.25, 0.3) is 0 Å². The predicted molar refractivity (Wildman–Crippen MR) is 116 cm³/mol. The van der Waals surface area contributed by atoms with Gasteiger partial charge in [0.15, 0.2) is 0 Å². The molecule has 32 heavy (non-hydrogen) atoms. The molecule has 10 heteroatoms. The second-order valence-corrected chi connectivity index (χ2v) is 9.44. The molecule has 0 radical (unpaired) electrons. The van der Waals surface area contributed by atoms with E-state index in [1.165, 1.54) is 16.4 Å². The van der Waals surface area contributed by atoms with Crippen LogP contribution in [0.2, 0.25) is 0 Å². The molecule has 2 aromatic carbocycles. The number of nitrogens with one attached hydrogen (secondary N) is 2. The molecule has 2 aromatic rings. The molecule has 1 unspecified atom stereocenters. The Morgan fingerprint density at radius 2 is 1.78 bits per heavy atom. The molecule has 1 saturated heterocycles. The van der Waals surface area contributed by atoms with E-state index < -0.39 is 21.8 Å². The largest absolute Gasteiger partial charge is 0.497 e. The minimum atomic E-state index is -3.82. The molecule has 0 aliphatic carbocycles. The van der Waals surface area contributed by atoms with E-state index >= 15 is 0 Å². The molecule has 1 aliphatic heterocycles. The van der Waals surface area contributed by atoms with Gasteiger partial charge in [-0.2, -0.15) is 4.31 Å². The smallest absolute Gasteiger partial charge is 0.243 e. The average molecular weight is 464 g/mol. The number of nitrogens with zero attached hydrogens (tertiary/aromatic N) is 1. The first kappa shape index (κ1) is 23.7. The Bertz CT molecular complexity index is 1040. The van der Waals surface area contributed by atoms with Gasteiger partial charge in [0.05, 0.1) is 24.5 Å². The third-order valence-corrected chi connectivity index (χ3v) is 7.16. The lowest BCUT2D eigenvalue weighted by Crippen LogP contribution is -2.47. The summed E-state index contributed by atoms with van der Waals surface area (Å²) in [5.41, 5.74) is 0.888. The lowest BCUT2D eigenvalue weighted by atomic mass is 9.99. The molecule has 2 N–H and O–H groups in total. The number of ether oxygens (including phenoxy) is 1. The molecule has 8 nitrogen and oxygen atoms in total. The fourth-order valence-corrected chi connectivity index (χ4v) is 4.97. The minimum absolute atomic E-state index is 0.0129. The Morgan fingerprint density at radius 1 is 1.09 bits per heavy atom. The number of benzene rings is 2. The van der Waals surface area contributed by atoms with Crippen molar-refractivity contribution in [1.29, 1.82) is 0 Å². The molecule has 0 aromatic heterocycles. The van der Waals surface area contributed by atoms with Crippen molar-refractivity contribution in [3.05, 3.63) is 59.9 Å². The van der Waals surface area contributed by atoms with Gasteiger partial charge in [-0.3, -0.25) is 9.59 Å². The van der Waals surface area contributed by atoms with Gasteiger partial charge < -0.3 is 15.4 Å². The number of hydrogen-bond acceptors (Lipinski definition) is 5. The van der Waals surface area contributed by atoms with Crippen molar-refractivity contribution < 1.29 is 27.1 Å². The maximum absolute atomic E-state index is 13.1. The monoisotopic (exact) mass is 463 g/mol. The number of carbonyl (C=O) groups excluding carboxylic acids is 2. The molecular formula is C22H26FN3O5S. The Labute approximate surface area is 186 Å². The van der Waals surface area contributed by atoms with Crippen molar-refractivity contribution >= 4 is 21.8 Å². The highest BCUT2D eigenvalue weighted by molar-refractivity contribution is 7.89. The third-order valence-electron chi connectivity index (χ3n) is 5.28. The number of rotatable bonds is 8. The zero-order valence-corrected chi connectivity index (χ0v) is 18.5. The van der Waals surface area contributed by atoms with Crippen LogP contribution in [0.15, 0.2) is 53.4 Å². The zero-order valence-electron chi connectivity index (χ0n) is 17.7. The van der Waals surface area contributed by atoms with Crippen molar-refractivity contribution in [2.45, 2.75) is 24.3 Å². The summed E-state index contributed by atoms with van der Waals surface area (Å²) in [4.78, 5) is 24.6. The third kappa shape index (κ3) is 6.04. The first-order valence-electron chi connectivity index (χ1n) is 10.2. The summed E-state index contributed by atoms with van der Waals surface area (Å²) < 4.78 is 45.0. The Hall–Kier alpha value is -2.98. The standard InChI is InChI=1S/C22H26FN3O5S/c1-31-19-8-4-16(5-9-19)13-24-21(27)14-25-22(28)17-3-2-12-26(15-17)32(29,30)20-10-6-18(23)7-11-20/h4-11,17H,2-3,12-15H2,1H3,(H,24,27)(H,25,28). The van der Waals surface area contributed by atoms with Gasteiger partial charge in [-0.25, -0.2) is 12.8 Å². The van der Waals surface area contributed by atoms with Crippen LogP contribution in [-0.2, 0) is 26.2 Å². The molecule has 1 heterocycles. The summed E-state index contributed by atoms with van der Waals surface area (Å²) in [7, 11) is -2.25. The Morgan fingerprint density at radius 3 is 2.44 bits per heavy atom. The van der Waals surface area contributed by atoms with Gasteiger partial charge >= 0.3 is 0 Å². The van der Waals surface area contributed by atoms with Crippen LogP contribution in [0.3, 0.4) is 0 Å². The summed E-state index contributed by atoms with van der Waals surface area (Å²) >= 11 is 0. The quantitative estimate of drug-likeness (QED) is 0.620. The van der Waals surface area contributed by atoms with E-state index in [1.54, 1.807) is 19.2 Å². The van der Waals surface area contributed by atoms with E-state index in [-0.39, 0.29) is 36.3 Å². The normalized spacial score (nSPS) is 16.9. The summed E-state index contributed by atoms with van der Waals surface area (Å²) in [6, 6.07) is 11.8. The number of halogens is 1. The highest BCUT2D eigenvalue weighted by Gasteiger charge is 2.33. The molecule has 0 saturated carbocycles. The van der Waals surface area contributed by atoms with Crippen molar-refractivity contribution in [2.24, 2.45) is 5.92 Å². The molecule has 3 rings (SSSR count). The number of hydrogen-bond donors (Lipinski definition) is 2. The van der Waals surface area contributed by atoms with Crippen LogP contribution in [0.4, 0.5) is 4.39 Å². The second-order valence-electron chi connectivity index (χ2n) is 7.50. The van der Waals surface area contributed by atoms with Crippen molar-refractivity contribution in [3.8, 4) is 5.75 Å². The number of carbonyl (C=O) groups is 2. The van der Waals surface area contributed by atoms with Crippen LogP contribution in [0.1, 0.15) is 18.4 Å². The first-order chi connectivity index (χ1) is 15.3. The SMILES string of the molecule is COc1ccc(CNC(=O)CNC(=O)C2CCCN(S(=O)(=O)c3ccc(F)cc3)C2)cc1. The lowest BCUT2D eigenvalue weighted by Gasteiger charge is -2.31. The fraction of sp³-hybridized carbons (Fsp3) is 0.364. The topological polar surface area (TPSA) is 105 Å². The molecule has 1 fully saturated rings. The van der Waals surface area contributed by atoms with Crippen LogP contribution in [0.25, 0.3) is 0 Å². The lowest BCUT2D eigenvalue weighted by molar-refractivity contribution is -0.129. The maximum Gasteiger partial charge on any atom is 0.243 e. The second kappa shape index (κ2) is 10.6. The predicted octanol–water partition coefficient (Wildman–Crippen LogP) is 1.67. The summed E-state index contributed by atoms with van der Waals surface area (Å²) in [5, 5.41) is 5.31. The fourth-order valence-electron chi connectivity index (χ4n) is 3.45. The van der Waals surface area contributed by atoms with Crippen LogP contribution < -0.4 is 15.4 Å². The Kier molecular flexibility index (Phi) is 7.81. The number of methoxy groups -OCH3 is 1. The maximum atomic E-state index is 13.1. The van der Waals surface area contributed by atoms with Crippen LogP contribution >= 0.6 is 0 Å². The van der Waals surface area contributed by atoms with Crippen molar-refractivity contribution in [2.75, 3.05) is 26.7 Å². The molecule has 0 spiro atoms. The van der Waals surface area contributed by atoms with Gasteiger partial charge in [0.1, 0.15) is 11.6 Å². The summed E-state index contributed by atoms with van der Waals surface area (Å²) in [6.45, 7) is 0.410. The number of piperidine rings is 1. The van der Waals surface area contributed by atoms with E-state index in [9.17, 15) is 22.4 Å². The highest BCUT2D eigenvalue weighted by atomic mass is 32.2. The van der Waals surface area contributed by atoms with Crippen molar-refractivity contribution in [3.63, 3.8) is 0 Å². The first-order valence-corrected chi connectivity index (χ1v) is 11.7. The van der Waals surface area contributed by atoms with Crippen molar-refractivity contribution in [1.82, 2.24) is 14.9 Å². The molecule has 0 bridgehead atoms. The van der Waals surface area contributed by atoms with E-state index in [0.717, 1.165) is 23.4 Å². The molecule has 172 valence electrons. The Balaban J connectivity index is 1.49. The van der Waals surface area contributed by atoms with Crippen LogP contribution in [0.5, 0.6) is 5.75 Å². The molecule has 1 atom stereocenters. The van der Waals surface area contributed by atoms with Gasteiger partial charge in [0.2, 0.25) is 21.8 Å². The summed E-state index contributed by atoms with van der Waals surface area (Å²) in [5.74, 6) is -1.09. The van der Waals surface area contributed by atoms with Gasteiger partial charge in [-0.15, -0.1) is 0 Å². The van der Waals surface area contributed by atoms with Crippen LogP contribution in [-0.4, -0.2) is 51.3 Å². The zero-order chi connectivity index (χ0) is 23.1. The van der Waals surface area contributed by atoms with E-state index in [4.69, 9.17) is 4.74 Å². The van der Waals surface area contributed by atoms with Crippen LogP contribution in [0, 0.1) is 11.7 Å².